The van der Waals surface area contributed by atoms with E-state index in [4.69, 9.17) is 5.11 Å². The Hall–Kier alpha value is -0.860. The number of rotatable bonds is 4. The van der Waals surface area contributed by atoms with Gasteiger partial charge in [-0.05, 0) is 31.9 Å². The maximum Gasteiger partial charge on any atom is 0.0582 e. The van der Waals surface area contributed by atoms with Crippen LogP contribution in [0.25, 0.3) is 0 Å². The number of benzene rings is 1. The fraction of sp³-hybridized carbons (Fsp3) is 0.500. The van der Waals surface area contributed by atoms with Crippen LogP contribution in [-0.4, -0.2) is 17.8 Å². The first-order valence-electron chi connectivity index (χ1n) is 5.07. The summed E-state index contributed by atoms with van der Waals surface area (Å²) in [6.45, 7) is 6.39. The standard InChI is InChI=1S/C12H19NO/c1-9-6-4-5-7-12(9)11(3)13-10(2)8-14/h4-7,10-11,13-14H,8H2,1-3H3/t10-,11?/m0/s1. The average Bonchev–Trinajstić information content (AvgIpc) is 2.18. The summed E-state index contributed by atoms with van der Waals surface area (Å²) >= 11 is 0. The zero-order valence-electron chi connectivity index (χ0n) is 9.12. The van der Waals surface area contributed by atoms with Gasteiger partial charge in [-0.25, -0.2) is 0 Å². The van der Waals surface area contributed by atoms with Crippen LogP contribution in [0.3, 0.4) is 0 Å². The quantitative estimate of drug-likeness (QED) is 0.767. The van der Waals surface area contributed by atoms with Crippen molar-refractivity contribution in [1.82, 2.24) is 5.32 Å². The molecule has 14 heavy (non-hydrogen) atoms. The SMILES string of the molecule is Cc1ccccc1C(C)N[C@@H](C)CO. The lowest BCUT2D eigenvalue weighted by molar-refractivity contribution is 0.243. The van der Waals surface area contributed by atoms with E-state index in [2.05, 4.69) is 31.3 Å². The van der Waals surface area contributed by atoms with Gasteiger partial charge in [0.2, 0.25) is 0 Å². The summed E-state index contributed by atoms with van der Waals surface area (Å²) in [7, 11) is 0. The Labute approximate surface area is 86.0 Å². The molecule has 78 valence electrons. The highest BCUT2D eigenvalue weighted by Gasteiger charge is 2.09. The minimum atomic E-state index is 0.143. The van der Waals surface area contributed by atoms with Crippen molar-refractivity contribution in [2.24, 2.45) is 0 Å². The molecule has 2 nitrogen and oxygen atoms in total. The first kappa shape index (κ1) is 11.2. The Bertz CT molecular complexity index is 285. The largest absolute Gasteiger partial charge is 0.395 e. The maximum atomic E-state index is 8.94. The highest BCUT2D eigenvalue weighted by atomic mass is 16.3. The van der Waals surface area contributed by atoms with E-state index in [0.29, 0.717) is 6.04 Å². The van der Waals surface area contributed by atoms with Crippen LogP contribution in [0.1, 0.15) is 31.0 Å². The normalized spacial score (nSPS) is 15.1. The summed E-state index contributed by atoms with van der Waals surface area (Å²) in [6, 6.07) is 8.75. The van der Waals surface area contributed by atoms with E-state index in [1.807, 2.05) is 19.1 Å². The third-order valence-electron chi connectivity index (χ3n) is 2.46. The minimum Gasteiger partial charge on any atom is -0.395 e. The molecule has 0 bridgehead atoms. The summed E-state index contributed by atoms with van der Waals surface area (Å²) in [5.74, 6) is 0. The molecular weight excluding hydrogens is 174 g/mol. The first-order valence-corrected chi connectivity index (χ1v) is 5.07. The number of aryl methyl sites for hydroxylation is 1. The molecule has 1 aromatic carbocycles. The molecule has 0 aliphatic carbocycles. The molecule has 1 unspecified atom stereocenters. The molecule has 0 fully saturated rings. The van der Waals surface area contributed by atoms with Crippen molar-refractivity contribution in [3.8, 4) is 0 Å². The molecule has 0 saturated carbocycles. The van der Waals surface area contributed by atoms with Gasteiger partial charge in [0.15, 0.2) is 0 Å². The molecule has 0 amide bonds. The molecule has 1 aromatic rings. The lowest BCUT2D eigenvalue weighted by atomic mass is 10.0. The van der Waals surface area contributed by atoms with Gasteiger partial charge >= 0.3 is 0 Å². The molecule has 0 aliphatic heterocycles. The molecule has 1 rings (SSSR count). The Kier molecular flexibility index (Phi) is 4.11. The third-order valence-corrected chi connectivity index (χ3v) is 2.46. The van der Waals surface area contributed by atoms with Crippen molar-refractivity contribution >= 4 is 0 Å². The number of hydrogen-bond donors (Lipinski definition) is 2. The van der Waals surface area contributed by atoms with E-state index in [1.165, 1.54) is 11.1 Å². The van der Waals surface area contributed by atoms with E-state index < -0.39 is 0 Å². The van der Waals surface area contributed by atoms with Crippen molar-refractivity contribution in [2.45, 2.75) is 32.9 Å². The molecular formula is C12H19NO. The predicted octanol–water partition coefficient (Wildman–Crippen LogP) is 2.03. The van der Waals surface area contributed by atoms with Crippen LogP contribution in [0.15, 0.2) is 24.3 Å². The summed E-state index contributed by atoms with van der Waals surface area (Å²) in [5.41, 5.74) is 2.59. The van der Waals surface area contributed by atoms with Gasteiger partial charge in [0.25, 0.3) is 0 Å². The first-order chi connectivity index (χ1) is 6.65. The van der Waals surface area contributed by atoms with Gasteiger partial charge in [-0.1, -0.05) is 24.3 Å². The van der Waals surface area contributed by atoms with E-state index in [0.717, 1.165) is 0 Å². The molecule has 0 saturated heterocycles. The number of aliphatic hydroxyl groups excluding tert-OH is 1. The van der Waals surface area contributed by atoms with Crippen LogP contribution in [0.5, 0.6) is 0 Å². The molecule has 0 aliphatic rings. The second kappa shape index (κ2) is 5.13. The number of aliphatic hydroxyl groups is 1. The van der Waals surface area contributed by atoms with Gasteiger partial charge in [0.05, 0.1) is 6.61 Å². The van der Waals surface area contributed by atoms with E-state index in [1.54, 1.807) is 0 Å². The highest BCUT2D eigenvalue weighted by molar-refractivity contribution is 5.28. The van der Waals surface area contributed by atoms with Gasteiger partial charge in [0, 0.05) is 12.1 Å². The second-order valence-electron chi connectivity index (χ2n) is 3.83. The van der Waals surface area contributed by atoms with Crippen molar-refractivity contribution in [2.75, 3.05) is 6.61 Å². The Morgan fingerprint density at radius 3 is 2.50 bits per heavy atom. The maximum absolute atomic E-state index is 8.94. The summed E-state index contributed by atoms with van der Waals surface area (Å²) < 4.78 is 0. The van der Waals surface area contributed by atoms with Crippen LogP contribution in [0.4, 0.5) is 0 Å². The number of hydrogen-bond acceptors (Lipinski definition) is 2. The lowest BCUT2D eigenvalue weighted by Gasteiger charge is -2.20. The van der Waals surface area contributed by atoms with Crippen LogP contribution < -0.4 is 5.32 Å². The molecule has 2 atom stereocenters. The van der Waals surface area contributed by atoms with E-state index >= 15 is 0 Å². The molecule has 2 N–H and O–H groups in total. The fourth-order valence-electron chi connectivity index (χ4n) is 1.64. The van der Waals surface area contributed by atoms with Gasteiger partial charge in [-0.2, -0.15) is 0 Å². The Morgan fingerprint density at radius 2 is 1.93 bits per heavy atom. The van der Waals surface area contributed by atoms with E-state index in [-0.39, 0.29) is 12.6 Å². The van der Waals surface area contributed by atoms with Crippen molar-refractivity contribution in [3.05, 3.63) is 35.4 Å². The fourth-order valence-corrected chi connectivity index (χ4v) is 1.64. The van der Waals surface area contributed by atoms with E-state index in [9.17, 15) is 0 Å². The Morgan fingerprint density at radius 1 is 1.29 bits per heavy atom. The van der Waals surface area contributed by atoms with Gasteiger partial charge < -0.3 is 10.4 Å². The monoisotopic (exact) mass is 193 g/mol. The van der Waals surface area contributed by atoms with Crippen molar-refractivity contribution in [1.29, 1.82) is 0 Å². The highest BCUT2D eigenvalue weighted by Crippen LogP contribution is 2.16. The Balaban J connectivity index is 2.69. The van der Waals surface area contributed by atoms with Gasteiger partial charge in [0.1, 0.15) is 0 Å². The predicted molar refractivity (Wildman–Crippen MR) is 59.3 cm³/mol. The summed E-state index contributed by atoms with van der Waals surface area (Å²) in [6.07, 6.45) is 0. The zero-order valence-corrected chi connectivity index (χ0v) is 9.12. The zero-order chi connectivity index (χ0) is 10.6. The summed E-state index contributed by atoms with van der Waals surface area (Å²) in [4.78, 5) is 0. The number of nitrogens with one attached hydrogen (secondary N) is 1. The summed E-state index contributed by atoms with van der Waals surface area (Å²) in [5, 5.41) is 12.3. The molecule has 0 heterocycles. The molecule has 2 heteroatoms. The van der Waals surface area contributed by atoms with Crippen LogP contribution >= 0.6 is 0 Å². The lowest BCUT2D eigenvalue weighted by Crippen LogP contribution is -2.32. The van der Waals surface area contributed by atoms with Gasteiger partial charge in [-0.15, -0.1) is 0 Å². The van der Waals surface area contributed by atoms with Crippen LogP contribution in [0, 0.1) is 6.92 Å². The van der Waals surface area contributed by atoms with Crippen molar-refractivity contribution in [3.63, 3.8) is 0 Å². The topological polar surface area (TPSA) is 32.3 Å². The molecule has 0 radical (unpaired) electrons. The smallest absolute Gasteiger partial charge is 0.0582 e. The van der Waals surface area contributed by atoms with Crippen LogP contribution in [-0.2, 0) is 0 Å². The van der Waals surface area contributed by atoms with Crippen LogP contribution in [0.2, 0.25) is 0 Å². The van der Waals surface area contributed by atoms with Crippen molar-refractivity contribution < 1.29 is 5.11 Å². The minimum absolute atomic E-state index is 0.143. The molecule has 0 spiro atoms. The second-order valence-corrected chi connectivity index (χ2v) is 3.83. The molecule has 0 aromatic heterocycles. The van der Waals surface area contributed by atoms with Gasteiger partial charge in [-0.3, -0.25) is 0 Å². The average molecular weight is 193 g/mol. The third kappa shape index (κ3) is 2.82.